The normalized spacial score (nSPS) is 14.4. The molecule has 0 aliphatic heterocycles. The number of benzene rings is 1. The van der Waals surface area contributed by atoms with Crippen molar-refractivity contribution in [1.82, 2.24) is 5.32 Å². The molecule has 4 nitrogen and oxygen atoms in total. The third-order valence-electron chi connectivity index (χ3n) is 2.36. The Hall–Kier alpha value is -1.94. The Morgan fingerprint density at radius 1 is 1.19 bits per heavy atom. The van der Waals surface area contributed by atoms with Crippen LogP contribution in [-0.2, 0) is 4.74 Å². The second kappa shape index (κ2) is 4.28. The van der Waals surface area contributed by atoms with E-state index >= 15 is 0 Å². The first-order valence-electron chi connectivity index (χ1n) is 4.86. The van der Waals surface area contributed by atoms with Crippen LogP contribution in [0.15, 0.2) is 36.0 Å². The van der Waals surface area contributed by atoms with Crippen LogP contribution in [0.3, 0.4) is 0 Å². The Kier molecular flexibility index (Phi) is 2.83. The summed E-state index contributed by atoms with van der Waals surface area (Å²) in [5.41, 5.74) is 1.18. The molecule has 1 aliphatic rings. The number of hydrogen-bond donors (Lipinski definition) is 1. The molecule has 82 valence electrons. The number of rotatable bonds is 3. The molecule has 4 heteroatoms. The maximum Gasteiger partial charge on any atom is 0.209 e. The monoisotopic (exact) mass is 217 g/mol. The van der Waals surface area contributed by atoms with E-state index < -0.39 is 0 Å². The van der Waals surface area contributed by atoms with Crippen molar-refractivity contribution in [2.75, 3.05) is 13.8 Å². The van der Waals surface area contributed by atoms with Gasteiger partial charge in [0.25, 0.3) is 0 Å². The minimum absolute atomic E-state index is 0.159. The topological polar surface area (TPSA) is 55.4 Å². The fourth-order valence-corrected chi connectivity index (χ4v) is 1.60. The van der Waals surface area contributed by atoms with Crippen molar-refractivity contribution in [1.29, 1.82) is 0 Å². The van der Waals surface area contributed by atoms with Crippen molar-refractivity contribution in [2.45, 2.75) is 0 Å². The van der Waals surface area contributed by atoms with Crippen molar-refractivity contribution in [3.8, 4) is 0 Å². The molecule has 0 atom stereocenters. The Bertz CT molecular complexity index is 477. The maximum absolute atomic E-state index is 11.9. The predicted molar refractivity (Wildman–Crippen MR) is 58.2 cm³/mol. The van der Waals surface area contributed by atoms with Crippen molar-refractivity contribution in [2.24, 2.45) is 0 Å². The van der Waals surface area contributed by atoms with Crippen molar-refractivity contribution in [3.63, 3.8) is 0 Å². The van der Waals surface area contributed by atoms with Gasteiger partial charge in [-0.1, -0.05) is 24.3 Å². The summed E-state index contributed by atoms with van der Waals surface area (Å²) >= 11 is 0. The fourth-order valence-electron chi connectivity index (χ4n) is 1.60. The van der Waals surface area contributed by atoms with Crippen molar-refractivity contribution in [3.05, 3.63) is 47.2 Å². The zero-order valence-electron chi connectivity index (χ0n) is 8.82. The summed E-state index contributed by atoms with van der Waals surface area (Å²) in [5.74, 6) is -0.332. The first-order chi connectivity index (χ1) is 7.74. The summed E-state index contributed by atoms with van der Waals surface area (Å²) in [5, 5.41) is 2.76. The standard InChI is InChI=1S/C12H11NO3/c1-16-7-13-10-6-11(14)8-4-2-3-5-9(8)12(10)15/h2-6,13H,7H2,1H3. The molecule has 0 unspecified atom stereocenters. The number of nitrogens with one attached hydrogen (secondary N) is 1. The highest BCUT2D eigenvalue weighted by Gasteiger charge is 2.24. The summed E-state index contributed by atoms with van der Waals surface area (Å²) in [6.45, 7) is 0.201. The van der Waals surface area contributed by atoms with Crippen LogP contribution in [0.2, 0.25) is 0 Å². The largest absolute Gasteiger partial charge is 0.365 e. The van der Waals surface area contributed by atoms with E-state index in [1.807, 2.05) is 0 Å². The third-order valence-corrected chi connectivity index (χ3v) is 2.36. The maximum atomic E-state index is 11.9. The number of ketones is 2. The number of carbonyl (C=O) groups excluding carboxylic acids is 2. The minimum Gasteiger partial charge on any atom is -0.365 e. The molecule has 0 fully saturated rings. The average Bonchev–Trinajstić information content (AvgIpc) is 2.32. The zero-order chi connectivity index (χ0) is 11.5. The van der Waals surface area contributed by atoms with E-state index in [-0.39, 0.29) is 24.0 Å². The molecular formula is C12H11NO3. The van der Waals surface area contributed by atoms with Gasteiger partial charge in [0, 0.05) is 24.3 Å². The van der Waals surface area contributed by atoms with E-state index in [9.17, 15) is 9.59 Å². The smallest absolute Gasteiger partial charge is 0.209 e. The van der Waals surface area contributed by atoms with Gasteiger partial charge in [-0.3, -0.25) is 9.59 Å². The molecule has 0 saturated heterocycles. The van der Waals surface area contributed by atoms with E-state index in [1.54, 1.807) is 24.3 Å². The van der Waals surface area contributed by atoms with Crippen molar-refractivity contribution >= 4 is 11.6 Å². The van der Waals surface area contributed by atoms with Crippen LogP contribution >= 0.6 is 0 Å². The average molecular weight is 217 g/mol. The van der Waals surface area contributed by atoms with Crippen LogP contribution in [0.25, 0.3) is 0 Å². The van der Waals surface area contributed by atoms with Gasteiger partial charge in [0.1, 0.15) is 6.73 Å². The fraction of sp³-hybridized carbons (Fsp3) is 0.167. The number of methoxy groups -OCH3 is 1. The summed E-state index contributed by atoms with van der Waals surface area (Å²) in [7, 11) is 1.51. The van der Waals surface area contributed by atoms with Crippen LogP contribution in [0.4, 0.5) is 0 Å². The molecule has 1 N–H and O–H groups in total. The van der Waals surface area contributed by atoms with E-state index in [0.29, 0.717) is 11.1 Å². The third kappa shape index (κ3) is 1.75. The highest BCUT2D eigenvalue weighted by Crippen LogP contribution is 2.19. The molecule has 1 aliphatic carbocycles. The number of ether oxygens (including phenoxy) is 1. The molecule has 0 radical (unpaired) electrons. The second-order valence-electron chi connectivity index (χ2n) is 3.41. The Morgan fingerprint density at radius 2 is 1.88 bits per heavy atom. The lowest BCUT2D eigenvalue weighted by atomic mass is 9.93. The molecule has 0 saturated carbocycles. The molecule has 0 spiro atoms. The molecule has 0 aromatic heterocycles. The lowest BCUT2D eigenvalue weighted by molar-refractivity contribution is 0.0967. The minimum atomic E-state index is -0.174. The van der Waals surface area contributed by atoms with Gasteiger partial charge >= 0.3 is 0 Å². The molecule has 0 amide bonds. The van der Waals surface area contributed by atoms with Crippen LogP contribution in [-0.4, -0.2) is 25.4 Å². The van der Waals surface area contributed by atoms with Crippen LogP contribution in [0.1, 0.15) is 20.7 Å². The first-order valence-corrected chi connectivity index (χ1v) is 4.86. The van der Waals surface area contributed by atoms with E-state index in [0.717, 1.165) is 0 Å². The Balaban J connectivity index is 2.36. The zero-order valence-corrected chi connectivity index (χ0v) is 8.82. The number of hydrogen-bond acceptors (Lipinski definition) is 4. The van der Waals surface area contributed by atoms with Gasteiger partial charge in [0.05, 0.1) is 5.70 Å². The summed E-state index contributed by atoms with van der Waals surface area (Å²) in [4.78, 5) is 23.6. The Morgan fingerprint density at radius 3 is 2.56 bits per heavy atom. The van der Waals surface area contributed by atoms with Crippen molar-refractivity contribution < 1.29 is 14.3 Å². The van der Waals surface area contributed by atoms with Gasteiger partial charge in [-0.25, -0.2) is 0 Å². The van der Waals surface area contributed by atoms with Gasteiger partial charge in [-0.05, 0) is 0 Å². The molecular weight excluding hydrogens is 206 g/mol. The molecule has 16 heavy (non-hydrogen) atoms. The first kappa shape index (κ1) is 10.6. The van der Waals surface area contributed by atoms with E-state index in [2.05, 4.69) is 5.32 Å². The predicted octanol–water partition coefficient (Wildman–Crippen LogP) is 1.14. The van der Waals surface area contributed by atoms with E-state index in [1.165, 1.54) is 13.2 Å². The van der Waals surface area contributed by atoms with Crippen LogP contribution < -0.4 is 5.32 Å². The summed E-state index contributed by atoms with van der Waals surface area (Å²) in [6.07, 6.45) is 1.31. The lowest BCUT2D eigenvalue weighted by Gasteiger charge is -2.15. The number of Topliss-reactive ketones (excluding diaryl/α,β-unsaturated/α-hetero) is 1. The summed E-state index contributed by atoms with van der Waals surface area (Å²) in [6, 6.07) is 6.78. The quantitative estimate of drug-likeness (QED) is 0.771. The highest BCUT2D eigenvalue weighted by molar-refractivity contribution is 6.24. The van der Waals surface area contributed by atoms with Gasteiger partial charge < -0.3 is 10.1 Å². The highest BCUT2D eigenvalue weighted by atomic mass is 16.5. The van der Waals surface area contributed by atoms with Gasteiger partial charge in [0.2, 0.25) is 5.78 Å². The molecule has 0 bridgehead atoms. The molecule has 1 aromatic carbocycles. The SMILES string of the molecule is COCNC1=CC(=O)c2ccccc2C1=O. The molecule has 2 rings (SSSR count). The van der Waals surface area contributed by atoms with Gasteiger partial charge in [-0.15, -0.1) is 0 Å². The van der Waals surface area contributed by atoms with Crippen LogP contribution in [0.5, 0.6) is 0 Å². The number of carbonyl (C=O) groups is 2. The number of fused-ring (bicyclic) bond motifs is 1. The van der Waals surface area contributed by atoms with E-state index in [4.69, 9.17) is 4.74 Å². The number of allylic oxidation sites excluding steroid dienone is 2. The molecule has 1 aromatic rings. The summed E-state index contributed by atoms with van der Waals surface area (Å²) < 4.78 is 4.80. The second-order valence-corrected chi connectivity index (χ2v) is 3.41. The van der Waals surface area contributed by atoms with Crippen LogP contribution in [0, 0.1) is 0 Å². The lowest BCUT2D eigenvalue weighted by Crippen LogP contribution is -2.27. The van der Waals surface area contributed by atoms with Gasteiger partial charge in [0.15, 0.2) is 5.78 Å². The van der Waals surface area contributed by atoms with Gasteiger partial charge in [-0.2, -0.15) is 0 Å². The molecule has 0 heterocycles. The Labute approximate surface area is 92.9 Å².